The van der Waals surface area contributed by atoms with Crippen LogP contribution < -0.4 is 5.32 Å². The second-order valence-corrected chi connectivity index (χ2v) is 8.53. The van der Waals surface area contributed by atoms with Crippen molar-refractivity contribution in [1.82, 2.24) is 9.88 Å². The molecule has 3 heterocycles. The van der Waals surface area contributed by atoms with Gasteiger partial charge in [0.25, 0.3) is 5.91 Å². The van der Waals surface area contributed by atoms with E-state index in [-0.39, 0.29) is 12.5 Å². The van der Waals surface area contributed by atoms with Gasteiger partial charge in [-0.25, -0.2) is 4.79 Å². The Morgan fingerprint density at radius 2 is 1.96 bits per heavy atom. The fraction of sp³-hybridized carbons (Fsp3) is 0.300. The van der Waals surface area contributed by atoms with E-state index in [0.29, 0.717) is 12.1 Å². The minimum atomic E-state index is -0.413. The van der Waals surface area contributed by atoms with E-state index in [1.807, 2.05) is 46.6 Å². The normalized spacial score (nSPS) is 13.2. The summed E-state index contributed by atoms with van der Waals surface area (Å²) in [6.07, 6.45) is 7.99. The zero-order valence-corrected chi connectivity index (χ0v) is 16.4. The van der Waals surface area contributed by atoms with Gasteiger partial charge >= 0.3 is 5.97 Å². The van der Waals surface area contributed by atoms with Crippen molar-refractivity contribution in [2.24, 2.45) is 0 Å². The highest BCUT2D eigenvalue weighted by Crippen LogP contribution is 2.37. The Morgan fingerprint density at radius 1 is 1.15 bits per heavy atom. The summed E-state index contributed by atoms with van der Waals surface area (Å²) in [5, 5.41) is 5.63. The minimum absolute atomic E-state index is 0.264. The highest BCUT2D eigenvalue weighted by molar-refractivity contribution is 7.15. The topological polar surface area (TPSA) is 60.3 Å². The standard InChI is InChI=1S/C20H20N2O3S2/c23-17(21-12-14-6-5-11-26-14)13-25-20(24)18-15-7-1-2-8-16(15)27-19(18)22-9-3-4-10-22/h3-6,9-11H,1-2,7-8,12-13H2,(H,21,23). The van der Waals surface area contributed by atoms with Crippen LogP contribution in [0.5, 0.6) is 0 Å². The van der Waals surface area contributed by atoms with E-state index in [9.17, 15) is 9.59 Å². The zero-order valence-electron chi connectivity index (χ0n) is 14.8. The molecular formula is C20H20N2O3S2. The lowest BCUT2D eigenvalue weighted by molar-refractivity contribution is -0.124. The SMILES string of the molecule is O=C(COC(=O)c1c(-n2cccc2)sc2c1CCCC2)NCc1cccs1. The largest absolute Gasteiger partial charge is 0.452 e. The lowest BCUT2D eigenvalue weighted by Crippen LogP contribution is -2.28. The van der Waals surface area contributed by atoms with Crippen molar-refractivity contribution in [3.63, 3.8) is 0 Å². The average molecular weight is 401 g/mol. The van der Waals surface area contributed by atoms with Gasteiger partial charge in [0.15, 0.2) is 6.61 Å². The number of hydrogen-bond donors (Lipinski definition) is 1. The number of nitrogens with one attached hydrogen (secondary N) is 1. The molecule has 0 spiro atoms. The van der Waals surface area contributed by atoms with Gasteiger partial charge in [-0.3, -0.25) is 4.79 Å². The number of esters is 1. The van der Waals surface area contributed by atoms with E-state index in [0.717, 1.165) is 41.1 Å². The molecule has 5 nitrogen and oxygen atoms in total. The number of carbonyl (C=O) groups is 2. The molecule has 0 aliphatic heterocycles. The fourth-order valence-corrected chi connectivity index (χ4v) is 5.25. The van der Waals surface area contributed by atoms with Crippen molar-refractivity contribution in [3.8, 4) is 5.00 Å². The number of hydrogen-bond acceptors (Lipinski definition) is 5. The second-order valence-electron chi connectivity index (χ2n) is 6.41. The first-order chi connectivity index (χ1) is 13.2. The third-order valence-electron chi connectivity index (χ3n) is 4.57. The van der Waals surface area contributed by atoms with E-state index in [1.54, 1.807) is 22.7 Å². The van der Waals surface area contributed by atoms with Gasteiger partial charge in [0.05, 0.1) is 12.1 Å². The van der Waals surface area contributed by atoms with Crippen molar-refractivity contribution >= 4 is 34.6 Å². The summed E-state index contributed by atoms with van der Waals surface area (Å²) in [7, 11) is 0. The van der Waals surface area contributed by atoms with Crippen LogP contribution in [0.2, 0.25) is 0 Å². The summed E-state index contributed by atoms with van der Waals surface area (Å²) in [5.41, 5.74) is 1.72. The molecule has 27 heavy (non-hydrogen) atoms. The number of ether oxygens (including phenoxy) is 1. The van der Waals surface area contributed by atoms with Gasteiger partial charge in [0.2, 0.25) is 0 Å². The number of rotatable bonds is 6. The summed E-state index contributed by atoms with van der Waals surface area (Å²) in [4.78, 5) is 27.2. The van der Waals surface area contributed by atoms with Gasteiger partial charge < -0.3 is 14.6 Å². The molecule has 1 aliphatic carbocycles. The third kappa shape index (κ3) is 3.99. The van der Waals surface area contributed by atoms with Crippen LogP contribution in [-0.4, -0.2) is 23.1 Å². The van der Waals surface area contributed by atoms with Gasteiger partial charge in [-0.2, -0.15) is 0 Å². The highest BCUT2D eigenvalue weighted by Gasteiger charge is 2.27. The predicted molar refractivity (Wildman–Crippen MR) is 107 cm³/mol. The molecule has 0 atom stereocenters. The van der Waals surface area contributed by atoms with Gasteiger partial charge in [-0.15, -0.1) is 22.7 Å². The van der Waals surface area contributed by atoms with E-state index in [1.165, 1.54) is 4.88 Å². The van der Waals surface area contributed by atoms with Gasteiger partial charge in [0, 0.05) is 22.1 Å². The maximum absolute atomic E-state index is 12.8. The Hall–Kier alpha value is -2.38. The smallest absolute Gasteiger partial charge is 0.341 e. The molecule has 0 bridgehead atoms. The highest BCUT2D eigenvalue weighted by atomic mass is 32.1. The van der Waals surface area contributed by atoms with Crippen LogP contribution >= 0.6 is 22.7 Å². The number of thiophene rings is 2. The number of carbonyl (C=O) groups excluding carboxylic acids is 2. The maximum atomic E-state index is 12.8. The second kappa shape index (κ2) is 8.10. The number of amides is 1. The fourth-order valence-electron chi connectivity index (χ4n) is 3.27. The van der Waals surface area contributed by atoms with Gasteiger partial charge in [-0.1, -0.05) is 6.07 Å². The van der Waals surface area contributed by atoms with Crippen molar-refractivity contribution in [3.05, 3.63) is 62.9 Å². The van der Waals surface area contributed by atoms with Crippen molar-refractivity contribution < 1.29 is 14.3 Å². The molecule has 0 saturated heterocycles. The Bertz CT molecular complexity index is 927. The van der Waals surface area contributed by atoms with Crippen molar-refractivity contribution in [2.75, 3.05) is 6.61 Å². The molecule has 1 amide bonds. The van der Waals surface area contributed by atoms with E-state index in [2.05, 4.69) is 5.32 Å². The molecule has 3 aromatic heterocycles. The molecular weight excluding hydrogens is 380 g/mol. The first kappa shape index (κ1) is 18.0. The molecule has 0 aromatic carbocycles. The first-order valence-corrected chi connectivity index (χ1v) is 10.7. The molecule has 0 saturated carbocycles. The molecule has 0 unspecified atom stereocenters. The lowest BCUT2D eigenvalue weighted by atomic mass is 9.95. The Labute approximate surface area is 165 Å². The number of aromatic nitrogens is 1. The first-order valence-electron chi connectivity index (χ1n) is 8.96. The van der Waals surface area contributed by atoms with Crippen LogP contribution in [-0.2, 0) is 28.9 Å². The molecule has 4 rings (SSSR count). The number of aryl methyl sites for hydroxylation is 1. The molecule has 0 radical (unpaired) electrons. The molecule has 140 valence electrons. The van der Waals surface area contributed by atoms with Gasteiger partial charge in [-0.05, 0) is 54.8 Å². The maximum Gasteiger partial charge on any atom is 0.341 e. The summed E-state index contributed by atoms with van der Waals surface area (Å²) in [6, 6.07) is 7.77. The lowest BCUT2D eigenvalue weighted by Gasteiger charge is -2.13. The van der Waals surface area contributed by atoms with E-state index in [4.69, 9.17) is 4.74 Å². The minimum Gasteiger partial charge on any atom is -0.452 e. The van der Waals surface area contributed by atoms with Gasteiger partial charge in [0.1, 0.15) is 5.00 Å². The number of nitrogens with zero attached hydrogens (tertiary/aromatic N) is 1. The Balaban J connectivity index is 1.46. The zero-order chi connectivity index (χ0) is 18.6. The molecule has 1 aliphatic rings. The van der Waals surface area contributed by atoms with Crippen LogP contribution in [0, 0.1) is 0 Å². The summed E-state index contributed by atoms with van der Waals surface area (Å²) >= 11 is 3.23. The summed E-state index contributed by atoms with van der Waals surface area (Å²) in [5.74, 6) is -0.701. The Kier molecular flexibility index (Phi) is 5.40. The summed E-state index contributed by atoms with van der Waals surface area (Å²) in [6.45, 7) is 0.191. The monoisotopic (exact) mass is 400 g/mol. The van der Waals surface area contributed by atoms with Crippen LogP contribution in [0.15, 0.2) is 42.0 Å². The number of fused-ring (bicyclic) bond motifs is 1. The van der Waals surface area contributed by atoms with E-state index < -0.39 is 5.97 Å². The molecule has 1 N–H and O–H groups in total. The van der Waals surface area contributed by atoms with Crippen molar-refractivity contribution in [1.29, 1.82) is 0 Å². The van der Waals surface area contributed by atoms with Crippen LogP contribution in [0.1, 0.15) is 38.5 Å². The quantitative estimate of drug-likeness (QED) is 0.637. The van der Waals surface area contributed by atoms with E-state index >= 15 is 0 Å². The van der Waals surface area contributed by atoms with Crippen molar-refractivity contribution in [2.45, 2.75) is 32.2 Å². The molecule has 3 aromatic rings. The molecule has 0 fully saturated rings. The van der Waals surface area contributed by atoms with Crippen LogP contribution in [0.3, 0.4) is 0 Å². The van der Waals surface area contributed by atoms with Crippen LogP contribution in [0.25, 0.3) is 5.00 Å². The Morgan fingerprint density at radius 3 is 2.74 bits per heavy atom. The molecule has 7 heteroatoms. The summed E-state index contributed by atoms with van der Waals surface area (Å²) < 4.78 is 7.32. The average Bonchev–Trinajstić information content (AvgIpc) is 3.44. The predicted octanol–water partition coefficient (Wildman–Crippen LogP) is 3.95. The van der Waals surface area contributed by atoms with Crippen LogP contribution in [0.4, 0.5) is 0 Å². The third-order valence-corrected chi connectivity index (χ3v) is 6.75.